The van der Waals surface area contributed by atoms with E-state index in [2.05, 4.69) is 10.6 Å². The largest absolute Gasteiger partial charge is 0.377 e. The zero-order valence-electron chi connectivity index (χ0n) is 20.8. The zero-order chi connectivity index (χ0) is 27.0. The average Bonchev–Trinajstić information content (AvgIpc) is 3.25. The number of dihydropyridines is 2. The van der Waals surface area contributed by atoms with Crippen molar-refractivity contribution in [2.24, 2.45) is 11.7 Å². The van der Waals surface area contributed by atoms with E-state index in [1.54, 1.807) is 30.5 Å². The maximum atomic E-state index is 13.6. The smallest absolute Gasteiger partial charge is 0.249 e. The van der Waals surface area contributed by atoms with Gasteiger partial charge in [-0.1, -0.05) is 36.4 Å². The highest BCUT2D eigenvalue weighted by atomic mass is 16.2. The molecule has 0 saturated heterocycles. The van der Waals surface area contributed by atoms with Crippen molar-refractivity contribution in [2.75, 3.05) is 23.9 Å². The number of hydrogen-bond acceptors (Lipinski definition) is 9. The van der Waals surface area contributed by atoms with Crippen LogP contribution in [-0.4, -0.2) is 51.3 Å². The van der Waals surface area contributed by atoms with Gasteiger partial charge in [0, 0.05) is 19.0 Å². The Bertz CT molecular complexity index is 1420. The number of rotatable bonds is 5. The number of nitrogens with two attached hydrogens (primary N) is 3. The van der Waals surface area contributed by atoms with Gasteiger partial charge in [-0.25, -0.2) is 16.7 Å². The van der Waals surface area contributed by atoms with Crippen molar-refractivity contribution in [3.8, 4) is 0 Å². The summed E-state index contributed by atoms with van der Waals surface area (Å²) in [6.07, 6.45) is 10.5. The summed E-state index contributed by atoms with van der Waals surface area (Å²) in [6.45, 7) is 1.70. The molecule has 4 heterocycles. The molecule has 1 atom stereocenters. The van der Waals surface area contributed by atoms with Crippen molar-refractivity contribution in [3.05, 3.63) is 89.7 Å². The number of nitrogens with one attached hydrogen (secondary N) is 2. The Morgan fingerprint density at radius 2 is 1.87 bits per heavy atom. The third kappa shape index (κ3) is 4.31. The molecule has 5 rings (SSSR count). The molecule has 2 amide bonds. The number of nitrogen functional groups attached to an aromatic ring is 1. The molecule has 0 fully saturated rings. The van der Waals surface area contributed by atoms with Crippen LogP contribution in [0.5, 0.6) is 0 Å². The van der Waals surface area contributed by atoms with Gasteiger partial charge in [-0.05, 0) is 30.5 Å². The van der Waals surface area contributed by atoms with Crippen molar-refractivity contribution in [2.45, 2.75) is 19.5 Å². The van der Waals surface area contributed by atoms with Gasteiger partial charge < -0.3 is 21.4 Å². The minimum absolute atomic E-state index is 0.111. The Kier molecular flexibility index (Phi) is 6.49. The van der Waals surface area contributed by atoms with Crippen molar-refractivity contribution >= 4 is 34.5 Å². The molecule has 12 nitrogen and oxygen atoms in total. The fourth-order valence-electron chi connectivity index (χ4n) is 4.75. The standard InChI is InChI=1S/C26H29N9O3/c1-16(36)33(27)22-13-17(10-12-31-22)24-25(34(28)18-7-3-2-4-8-18)23-20(35(24)29)14-32(15-21(23)37)26(38)19-9-5-6-11-30-19/h2-11,13,19,30-31H,12,14-15,27-29H2,1H3. The first-order valence-electron chi connectivity index (χ1n) is 12.0. The summed E-state index contributed by atoms with van der Waals surface area (Å²) in [6, 6.07) is 8.59. The van der Waals surface area contributed by atoms with E-state index < -0.39 is 6.04 Å². The summed E-state index contributed by atoms with van der Waals surface area (Å²) in [5, 5.41) is 8.48. The molecule has 0 saturated carbocycles. The first-order valence-corrected chi connectivity index (χ1v) is 12.0. The third-order valence-corrected chi connectivity index (χ3v) is 6.64. The lowest BCUT2D eigenvalue weighted by Crippen LogP contribution is -2.48. The molecule has 38 heavy (non-hydrogen) atoms. The lowest BCUT2D eigenvalue weighted by molar-refractivity contribution is -0.132. The number of aromatic nitrogens is 1. The summed E-state index contributed by atoms with van der Waals surface area (Å²) in [7, 11) is 0. The van der Waals surface area contributed by atoms with Gasteiger partial charge in [0.15, 0.2) is 5.78 Å². The number of hydrazine groups is 2. The van der Waals surface area contributed by atoms with Crippen LogP contribution >= 0.6 is 0 Å². The van der Waals surface area contributed by atoms with Gasteiger partial charge in [-0.15, -0.1) is 0 Å². The number of Topliss-reactive ketones (excluding diaryl/α,β-unsaturated/α-hetero) is 1. The second kappa shape index (κ2) is 9.92. The Hall–Kier alpha value is -4.81. The molecule has 1 aromatic heterocycles. The summed E-state index contributed by atoms with van der Waals surface area (Å²) in [4.78, 5) is 40.2. The second-order valence-corrected chi connectivity index (χ2v) is 9.06. The second-order valence-electron chi connectivity index (χ2n) is 9.06. The van der Waals surface area contributed by atoms with Gasteiger partial charge in [-0.3, -0.25) is 24.1 Å². The molecule has 0 spiro atoms. The van der Waals surface area contributed by atoms with E-state index in [4.69, 9.17) is 17.5 Å². The van der Waals surface area contributed by atoms with E-state index in [0.717, 1.165) is 5.01 Å². The maximum Gasteiger partial charge on any atom is 0.249 e. The maximum absolute atomic E-state index is 13.6. The van der Waals surface area contributed by atoms with Crippen LogP contribution in [0.1, 0.15) is 28.7 Å². The van der Waals surface area contributed by atoms with E-state index in [1.807, 2.05) is 36.4 Å². The van der Waals surface area contributed by atoms with Gasteiger partial charge in [0.2, 0.25) is 11.8 Å². The quantitative estimate of drug-likeness (QED) is 0.214. The number of fused-ring (bicyclic) bond motifs is 1. The van der Waals surface area contributed by atoms with Crippen LogP contribution in [0.2, 0.25) is 0 Å². The van der Waals surface area contributed by atoms with E-state index in [0.29, 0.717) is 46.3 Å². The van der Waals surface area contributed by atoms with Crippen LogP contribution < -0.4 is 33.2 Å². The fraction of sp³-hybridized carbons (Fsp3) is 0.192. The number of carbonyl (C=O) groups excluding carboxylic acids is 3. The Morgan fingerprint density at radius 1 is 1.11 bits per heavy atom. The number of allylic oxidation sites excluding steroid dienone is 4. The van der Waals surface area contributed by atoms with Gasteiger partial charge in [0.05, 0.1) is 41.4 Å². The van der Waals surface area contributed by atoms with Crippen LogP contribution in [0.3, 0.4) is 0 Å². The van der Waals surface area contributed by atoms with Crippen molar-refractivity contribution in [1.29, 1.82) is 0 Å². The van der Waals surface area contributed by atoms with Gasteiger partial charge in [-0.2, -0.15) is 0 Å². The minimum atomic E-state index is -0.579. The van der Waals surface area contributed by atoms with Crippen LogP contribution in [-0.2, 0) is 16.1 Å². The molecule has 0 bridgehead atoms. The topological polar surface area (TPSA) is 168 Å². The number of benzene rings is 1. The molecule has 1 unspecified atom stereocenters. The molecule has 3 aliphatic rings. The molecule has 196 valence electrons. The number of nitrogens with zero attached hydrogens (tertiary/aromatic N) is 4. The van der Waals surface area contributed by atoms with E-state index in [9.17, 15) is 14.4 Å². The third-order valence-electron chi connectivity index (χ3n) is 6.64. The lowest BCUT2D eigenvalue weighted by atomic mass is 10.00. The SMILES string of the molecule is CC(=O)N(N)C1=CC(c2c(N(N)c3ccccc3)c3c(n2N)CN(C(=O)C2C=CC=CN2)CC3=O)=CCN1. The van der Waals surface area contributed by atoms with E-state index >= 15 is 0 Å². The lowest BCUT2D eigenvalue weighted by Gasteiger charge is -2.30. The summed E-state index contributed by atoms with van der Waals surface area (Å²) in [5.41, 5.74) is 2.90. The summed E-state index contributed by atoms with van der Waals surface area (Å²) in [5.74, 6) is 18.7. The Labute approximate surface area is 219 Å². The zero-order valence-corrected chi connectivity index (χ0v) is 20.8. The molecule has 3 aliphatic heterocycles. The molecule has 8 N–H and O–H groups in total. The fourth-order valence-corrected chi connectivity index (χ4v) is 4.75. The van der Waals surface area contributed by atoms with E-state index in [-0.39, 0.29) is 30.7 Å². The molecule has 0 radical (unpaired) electrons. The van der Waals surface area contributed by atoms with Crippen LogP contribution in [0.15, 0.2) is 72.7 Å². The number of amides is 2. The minimum Gasteiger partial charge on any atom is -0.377 e. The van der Waals surface area contributed by atoms with Crippen LogP contribution in [0.4, 0.5) is 11.4 Å². The van der Waals surface area contributed by atoms with Gasteiger partial charge in [0.25, 0.3) is 0 Å². The van der Waals surface area contributed by atoms with Gasteiger partial charge in [0.1, 0.15) is 11.9 Å². The molecule has 1 aromatic carbocycles. The summed E-state index contributed by atoms with van der Waals surface area (Å²) < 4.78 is 1.40. The Morgan fingerprint density at radius 3 is 2.55 bits per heavy atom. The summed E-state index contributed by atoms with van der Waals surface area (Å²) >= 11 is 0. The molecule has 2 aromatic rings. The monoisotopic (exact) mass is 515 g/mol. The molecule has 0 aliphatic carbocycles. The molecular weight excluding hydrogens is 486 g/mol. The van der Waals surface area contributed by atoms with Crippen molar-refractivity contribution in [3.63, 3.8) is 0 Å². The normalized spacial score (nSPS) is 18.1. The van der Waals surface area contributed by atoms with Gasteiger partial charge >= 0.3 is 0 Å². The molecular formula is C26H29N9O3. The van der Waals surface area contributed by atoms with Crippen LogP contribution in [0.25, 0.3) is 5.57 Å². The highest BCUT2D eigenvalue weighted by molar-refractivity contribution is 6.09. The number of hydrogen-bond donors (Lipinski definition) is 5. The first-order chi connectivity index (χ1) is 18.3. The average molecular weight is 516 g/mol. The van der Waals surface area contributed by atoms with Crippen LogP contribution in [0, 0.1) is 0 Å². The molecule has 12 heteroatoms. The van der Waals surface area contributed by atoms with E-state index in [1.165, 1.54) is 21.5 Å². The Balaban J connectivity index is 1.63. The number of carbonyl (C=O) groups is 3. The highest BCUT2D eigenvalue weighted by Crippen LogP contribution is 2.40. The number of ketones is 1. The van der Waals surface area contributed by atoms with Crippen molar-refractivity contribution < 1.29 is 14.4 Å². The number of anilines is 2. The number of para-hydroxylation sites is 1. The highest BCUT2D eigenvalue weighted by Gasteiger charge is 2.38. The van der Waals surface area contributed by atoms with Crippen molar-refractivity contribution in [1.82, 2.24) is 25.2 Å². The predicted molar refractivity (Wildman–Crippen MR) is 143 cm³/mol. The first kappa shape index (κ1) is 24.9. The predicted octanol–water partition coefficient (Wildman–Crippen LogP) is 0.331.